The van der Waals surface area contributed by atoms with Crippen molar-refractivity contribution < 1.29 is 28.6 Å². The Labute approximate surface area is 387 Å². The summed E-state index contributed by atoms with van der Waals surface area (Å²) in [6.45, 7) is 11.4. The number of ether oxygens (including phenoxy) is 3. The Balaban J connectivity index is 4.23. The molecule has 0 aromatic carbocycles. The predicted octanol–water partition coefficient (Wildman–Crippen LogP) is 18.1. The zero-order chi connectivity index (χ0) is 45.4. The van der Waals surface area contributed by atoms with Crippen molar-refractivity contribution in [1.82, 2.24) is 0 Å². The molecule has 62 heavy (non-hydrogen) atoms. The average molecular weight is 877 g/mol. The van der Waals surface area contributed by atoms with E-state index in [9.17, 15) is 14.4 Å². The van der Waals surface area contributed by atoms with E-state index in [0.717, 1.165) is 69.6 Å². The molecule has 0 aromatic heterocycles. The highest BCUT2D eigenvalue weighted by atomic mass is 16.6. The Kier molecular flexibility index (Phi) is 47.6. The molecule has 368 valence electrons. The van der Waals surface area contributed by atoms with Crippen molar-refractivity contribution >= 4 is 17.9 Å². The number of rotatable bonds is 50. The number of carbonyl (C=O) groups is 3. The second-order valence-corrected chi connectivity index (χ2v) is 20.2. The SMILES string of the molecule is CCCCCCCCCCCCCCCCCCC(=O)OC[C@H](COC(=O)CCCCCCCCCCCCCCCCCC(C)C)OC(=O)CCCCCCCCCC(C)C. The second-order valence-electron chi connectivity index (χ2n) is 20.2. The normalized spacial score (nSPS) is 12.0. The number of unbranched alkanes of at least 4 members (excludes halogenated alkanes) is 35. The van der Waals surface area contributed by atoms with Crippen LogP contribution in [0.4, 0.5) is 0 Å². The molecule has 0 aliphatic carbocycles. The number of carbonyl (C=O) groups excluding carboxylic acids is 3. The maximum absolute atomic E-state index is 12.8. The molecule has 0 spiro atoms. The molecular formula is C56H108O6. The Hall–Kier alpha value is -1.59. The maximum atomic E-state index is 12.8. The Morgan fingerprint density at radius 1 is 0.306 bits per heavy atom. The molecule has 1 atom stereocenters. The third-order valence-corrected chi connectivity index (χ3v) is 12.7. The summed E-state index contributed by atoms with van der Waals surface area (Å²) >= 11 is 0. The smallest absolute Gasteiger partial charge is 0.306 e. The average Bonchev–Trinajstić information content (AvgIpc) is 3.24. The molecule has 0 amide bonds. The Bertz CT molecular complexity index is 947. The lowest BCUT2D eigenvalue weighted by atomic mass is 10.0. The summed E-state index contributed by atoms with van der Waals surface area (Å²) in [5.41, 5.74) is 0. The van der Waals surface area contributed by atoms with Crippen molar-refractivity contribution in [3.05, 3.63) is 0 Å². The first kappa shape index (κ1) is 60.4. The molecular weight excluding hydrogens is 769 g/mol. The highest BCUT2D eigenvalue weighted by Crippen LogP contribution is 2.18. The minimum Gasteiger partial charge on any atom is -0.462 e. The first-order valence-electron chi connectivity index (χ1n) is 27.7. The summed E-state index contributed by atoms with van der Waals surface area (Å²) in [7, 11) is 0. The van der Waals surface area contributed by atoms with Crippen molar-refractivity contribution in [3.8, 4) is 0 Å². The van der Waals surface area contributed by atoms with Gasteiger partial charge in [0, 0.05) is 19.3 Å². The molecule has 0 fully saturated rings. The van der Waals surface area contributed by atoms with Gasteiger partial charge in [-0.25, -0.2) is 0 Å². The topological polar surface area (TPSA) is 78.9 Å². The van der Waals surface area contributed by atoms with E-state index in [4.69, 9.17) is 14.2 Å². The summed E-state index contributed by atoms with van der Waals surface area (Å²) in [5, 5.41) is 0. The third kappa shape index (κ3) is 49.4. The number of esters is 3. The molecule has 0 saturated carbocycles. The first-order valence-corrected chi connectivity index (χ1v) is 27.7. The van der Waals surface area contributed by atoms with Crippen molar-refractivity contribution in [2.75, 3.05) is 13.2 Å². The quantitative estimate of drug-likeness (QED) is 0.0344. The van der Waals surface area contributed by atoms with Crippen LogP contribution in [0.2, 0.25) is 0 Å². The van der Waals surface area contributed by atoms with Gasteiger partial charge < -0.3 is 14.2 Å². The van der Waals surface area contributed by atoms with Gasteiger partial charge in [0.15, 0.2) is 6.10 Å². The van der Waals surface area contributed by atoms with Gasteiger partial charge in [0.05, 0.1) is 0 Å². The van der Waals surface area contributed by atoms with E-state index >= 15 is 0 Å². The Morgan fingerprint density at radius 2 is 0.532 bits per heavy atom. The lowest BCUT2D eigenvalue weighted by molar-refractivity contribution is -0.167. The molecule has 0 radical (unpaired) electrons. The fraction of sp³-hybridized carbons (Fsp3) is 0.946. The van der Waals surface area contributed by atoms with Crippen LogP contribution in [0.15, 0.2) is 0 Å². The summed E-state index contributed by atoms with van der Waals surface area (Å²) in [4.78, 5) is 38.0. The van der Waals surface area contributed by atoms with E-state index in [1.165, 1.54) is 199 Å². The molecule has 0 aliphatic heterocycles. The van der Waals surface area contributed by atoms with Crippen LogP contribution < -0.4 is 0 Å². The van der Waals surface area contributed by atoms with Crippen LogP contribution in [0.25, 0.3) is 0 Å². The van der Waals surface area contributed by atoms with Crippen LogP contribution in [0.3, 0.4) is 0 Å². The molecule has 6 nitrogen and oxygen atoms in total. The van der Waals surface area contributed by atoms with Crippen LogP contribution in [0.5, 0.6) is 0 Å². The van der Waals surface area contributed by atoms with Gasteiger partial charge in [0.1, 0.15) is 13.2 Å². The van der Waals surface area contributed by atoms with E-state index in [2.05, 4.69) is 34.6 Å². The number of hydrogen-bond donors (Lipinski definition) is 0. The van der Waals surface area contributed by atoms with Gasteiger partial charge in [-0.2, -0.15) is 0 Å². The van der Waals surface area contributed by atoms with E-state index in [1.807, 2.05) is 0 Å². The maximum Gasteiger partial charge on any atom is 0.306 e. The van der Waals surface area contributed by atoms with E-state index in [0.29, 0.717) is 19.3 Å². The van der Waals surface area contributed by atoms with Gasteiger partial charge in [-0.15, -0.1) is 0 Å². The minimum absolute atomic E-state index is 0.0638. The summed E-state index contributed by atoms with van der Waals surface area (Å²) in [6, 6.07) is 0. The lowest BCUT2D eigenvalue weighted by Gasteiger charge is -2.18. The zero-order valence-electron chi connectivity index (χ0n) is 42.5. The molecule has 0 saturated heterocycles. The van der Waals surface area contributed by atoms with Crippen molar-refractivity contribution in [3.63, 3.8) is 0 Å². The predicted molar refractivity (Wildman–Crippen MR) is 266 cm³/mol. The van der Waals surface area contributed by atoms with Gasteiger partial charge in [-0.1, -0.05) is 272 Å². The first-order chi connectivity index (χ1) is 30.2. The van der Waals surface area contributed by atoms with Gasteiger partial charge in [-0.3, -0.25) is 14.4 Å². The Morgan fingerprint density at radius 3 is 0.790 bits per heavy atom. The van der Waals surface area contributed by atoms with Gasteiger partial charge in [0.2, 0.25) is 0 Å². The standard InChI is InChI=1S/C56H108O6/c1-6-7-8-9-10-11-12-13-14-17-20-23-26-31-36-41-46-54(57)60-49-53(62-56(59)48-43-38-33-28-30-35-40-45-52(4)5)50-61-55(58)47-42-37-32-27-24-21-18-15-16-19-22-25-29-34-39-44-51(2)3/h51-53H,6-50H2,1-5H3/t53-/m1/s1. The van der Waals surface area contributed by atoms with Crippen LogP contribution in [-0.4, -0.2) is 37.2 Å². The van der Waals surface area contributed by atoms with Crippen LogP contribution in [0, 0.1) is 11.8 Å². The monoisotopic (exact) mass is 877 g/mol. The largest absolute Gasteiger partial charge is 0.462 e. The van der Waals surface area contributed by atoms with E-state index in [-0.39, 0.29) is 31.1 Å². The second kappa shape index (κ2) is 48.9. The van der Waals surface area contributed by atoms with Crippen LogP contribution >= 0.6 is 0 Å². The molecule has 0 aromatic rings. The minimum atomic E-state index is -0.762. The zero-order valence-corrected chi connectivity index (χ0v) is 42.5. The number of hydrogen-bond acceptors (Lipinski definition) is 6. The molecule has 0 rings (SSSR count). The van der Waals surface area contributed by atoms with Crippen molar-refractivity contribution in [2.24, 2.45) is 11.8 Å². The highest BCUT2D eigenvalue weighted by Gasteiger charge is 2.19. The fourth-order valence-corrected chi connectivity index (χ4v) is 8.52. The summed E-state index contributed by atoms with van der Waals surface area (Å²) < 4.78 is 16.8. The van der Waals surface area contributed by atoms with Crippen molar-refractivity contribution in [2.45, 2.75) is 317 Å². The summed E-state index contributed by atoms with van der Waals surface area (Å²) in [5.74, 6) is 0.781. The van der Waals surface area contributed by atoms with Gasteiger partial charge in [0.25, 0.3) is 0 Å². The molecule has 6 heteroatoms. The van der Waals surface area contributed by atoms with Gasteiger partial charge in [-0.05, 0) is 31.1 Å². The molecule has 0 bridgehead atoms. The summed E-state index contributed by atoms with van der Waals surface area (Å²) in [6.07, 6.45) is 51.0. The molecule has 0 unspecified atom stereocenters. The van der Waals surface area contributed by atoms with Crippen LogP contribution in [0.1, 0.15) is 311 Å². The molecule has 0 heterocycles. The van der Waals surface area contributed by atoms with Gasteiger partial charge >= 0.3 is 17.9 Å². The molecule has 0 N–H and O–H groups in total. The lowest BCUT2D eigenvalue weighted by Crippen LogP contribution is -2.30. The van der Waals surface area contributed by atoms with E-state index < -0.39 is 6.10 Å². The fourth-order valence-electron chi connectivity index (χ4n) is 8.52. The van der Waals surface area contributed by atoms with Crippen LogP contribution in [-0.2, 0) is 28.6 Å². The molecule has 0 aliphatic rings. The van der Waals surface area contributed by atoms with Crippen molar-refractivity contribution in [1.29, 1.82) is 0 Å². The third-order valence-electron chi connectivity index (χ3n) is 12.7. The highest BCUT2D eigenvalue weighted by molar-refractivity contribution is 5.71. The van der Waals surface area contributed by atoms with E-state index in [1.54, 1.807) is 0 Å².